The smallest absolute Gasteiger partial charge is 0.356 e. The van der Waals surface area contributed by atoms with Gasteiger partial charge in [-0.2, -0.15) is 5.26 Å². The molecule has 0 radical (unpaired) electrons. The summed E-state index contributed by atoms with van der Waals surface area (Å²) in [6, 6.07) is 8.95. The summed E-state index contributed by atoms with van der Waals surface area (Å²) in [7, 11) is 1.73. The first kappa shape index (κ1) is 25.6. The van der Waals surface area contributed by atoms with Gasteiger partial charge < -0.3 is 20.1 Å². The minimum absolute atomic E-state index is 0.106. The van der Waals surface area contributed by atoms with E-state index in [4.69, 9.17) is 21.3 Å². The first-order valence-corrected chi connectivity index (χ1v) is 12.3. The number of aromatic nitrogens is 3. The molecule has 0 amide bonds. The maximum atomic E-state index is 11.7. The van der Waals surface area contributed by atoms with Gasteiger partial charge in [-0.1, -0.05) is 17.7 Å². The SMILES string of the molecule is CO[C@@H](C)C1CCN(c2nc3c([C@@H](C)Nc4ccc(Cl)nc4C(=O)O)cc(C)cc3nc2C#N)CC1. The Hall–Kier alpha value is -3.48. The van der Waals surface area contributed by atoms with Crippen molar-refractivity contribution in [2.45, 2.75) is 45.8 Å². The van der Waals surface area contributed by atoms with Crippen molar-refractivity contribution in [3.8, 4) is 6.07 Å². The van der Waals surface area contributed by atoms with Crippen LogP contribution in [0.4, 0.5) is 11.5 Å². The van der Waals surface area contributed by atoms with E-state index in [0.717, 1.165) is 37.1 Å². The molecule has 0 aliphatic carbocycles. The molecule has 0 unspecified atom stereocenters. The van der Waals surface area contributed by atoms with Gasteiger partial charge in [-0.15, -0.1) is 0 Å². The number of halogens is 1. The largest absolute Gasteiger partial charge is 0.476 e. The molecule has 2 N–H and O–H groups in total. The zero-order valence-electron chi connectivity index (χ0n) is 20.7. The molecule has 2 atom stereocenters. The lowest BCUT2D eigenvalue weighted by Gasteiger charge is -2.35. The van der Waals surface area contributed by atoms with Crippen LogP contribution in [-0.4, -0.2) is 52.3 Å². The summed E-state index contributed by atoms with van der Waals surface area (Å²) >= 11 is 5.91. The molecule has 0 saturated carbocycles. The van der Waals surface area contributed by atoms with Gasteiger partial charge in [0, 0.05) is 25.8 Å². The van der Waals surface area contributed by atoms with Gasteiger partial charge in [0.1, 0.15) is 11.2 Å². The Morgan fingerprint density at radius 2 is 1.97 bits per heavy atom. The molecule has 2 aromatic heterocycles. The number of nitrogens with one attached hydrogen (secondary N) is 1. The Morgan fingerprint density at radius 3 is 2.61 bits per heavy atom. The van der Waals surface area contributed by atoms with Crippen molar-refractivity contribution < 1.29 is 14.6 Å². The lowest BCUT2D eigenvalue weighted by atomic mass is 9.92. The van der Waals surface area contributed by atoms with E-state index in [-0.39, 0.29) is 23.0 Å². The normalized spacial score (nSPS) is 15.9. The summed E-state index contributed by atoms with van der Waals surface area (Å²) in [5.41, 5.74) is 3.59. The highest BCUT2D eigenvalue weighted by atomic mass is 35.5. The Morgan fingerprint density at radius 1 is 1.25 bits per heavy atom. The van der Waals surface area contributed by atoms with Gasteiger partial charge in [-0.3, -0.25) is 0 Å². The van der Waals surface area contributed by atoms with Gasteiger partial charge in [0.2, 0.25) is 0 Å². The highest BCUT2D eigenvalue weighted by molar-refractivity contribution is 6.29. The van der Waals surface area contributed by atoms with Crippen molar-refractivity contribution in [2.75, 3.05) is 30.4 Å². The number of ether oxygens (including phenoxy) is 1. The Bertz CT molecular complexity index is 1330. The van der Waals surface area contributed by atoms with Crippen molar-refractivity contribution in [3.63, 3.8) is 0 Å². The van der Waals surface area contributed by atoms with Crippen LogP contribution in [-0.2, 0) is 4.74 Å². The number of hydrogen-bond acceptors (Lipinski definition) is 8. The molecule has 9 nitrogen and oxygen atoms in total. The molecular formula is C26H29ClN6O3. The van der Waals surface area contributed by atoms with Crippen molar-refractivity contribution in [1.29, 1.82) is 5.26 Å². The molecule has 1 aliphatic heterocycles. The zero-order chi connectivity index (χ0) is 26.0. The van der Waals surface area contributed by atoms with Gasteiger partial charge in [0.15, 0.2) is 17.2 Å². The van der Waals surface area contributed by atoms with Crippen LogP contribution in [0.3, 0.4) is 0 Å². The fourth-order valence-electron chi connectivity index (χ4n) is 4.75. The van der Waals surface area contributed by atoms with E-state index in [1.165, 1.54) is 0 Å². The van der Waals surface area contributed by atoms with Crippen LogP contribution < -0.4 is 10.2 Å². The number of carboxylic acid groups (broad SMARTS) is 1. The molecule has 10 heteroatoms. The van der Waals surface area contributed by atoms with Crippen LogP contribution in [0.1, 0.15) is 60.0 Å². The predicted octanol–water partition coefficient (Wildman–Crippen LogP) is 4.98. The number of aryl methyl sites for hydroxylation is 1. The molecule has 0 spiro atoms. The summed E-state index contributed by atoms with van der Waals surface area (Å²) in [6.45, 7) is 7.49. The maximum Gasteiger partial charge on any atom is 0.356 e. The number of aromatic carboxylic acids is 1. The Kier molecular flexibility index (Phi) is 7.57. The van der Waals surface area contributed by atoms with Gasteiger partial charge in [-0.25, -0.2) is 19.7 Å². The van der Waals surface area contributed by atoms with Crippen LogP contribution in [0.25, 0.3) is 11.0 Å². The number of anilines is 2. The number of methoxy groups -OCH3 is 1. The average molecular weight is 509 g/mol. The second kappa shape index (κ2) is 10.6. The number of rotatable bonds is 7. The van der Waals surface area contributed by atoms with Crippen molar-refractivity contribution >= 4 is 40.1 Å². The first-order valence-electron chi connectivity index (χ1n) is 11.9. The fourth-order valence-corrected chi connectivity index (χ4v) is 4.90. The van der Waals surface area contributed by atoms with Crippen LogP contribution in [0.5, 0.6) is 0 Å². The van der Waals surface area contributed by atoms with E-state index in [0.29, 0.717) is 34.2 Å². The highest BCUT2D eigenvalue weighted by Gasteiger charge is 2.27. The second-order valence-electron chi connectivity index (χ2n) is 9.20. The minimum Gasteiger partial charge on any atom is -0.476 e. The van der Waals surface area contributed by atoms with E-state index in [1.807, 2.05) is 26.0 Å². The summed E-state index contributed by atoms with van der Waals surface area (Å²) < 4.78 is 5.51. The number of benzene rings is 1. The lowest BCUT2D eigenvalue weighted by Crippen LogP contribution is -2.38. The third-order valence-electron chi connectivity index (χ3n) is 6.81. The zero-order valence-corrected chi connectivity index (χ0v) is 21.5. The molecule has 36 heavy (non-hydrogen) atoms. The quantitative estimate of drug-likeness (QED) is 0.425. The van der Waals surface area contributed by atoms with E-state index in [9.17, 15) is 15.2 Å². The van der Waals surface area contributed by atoms with Crippen molar-refractivity contribution in [3.05, 3.63) is 51.9 Å². The molecule has 3 aromatic rings. The van der Waals surface area contributed by atoms with Crippen molar-refractivity contribution in [1.82, 2.24) is 15.0 Å². The molecule has 1 fully saturated rings. The number of piperidine rings is 1. The number of fused-ring (bicyclic) bond motifs is 1. The summed E-state index contributed by atoms with van der Waals surface area (Å²) in [4.78, 5) is 27.4. The maximum absolute atomic E-state index is 11.7. The molecule has 1 saturated heterocycles. The molecule has 188 valence electrons. The highest BCUT2D eigenvalue weighted by Crippen LogP contribution is 2.32. The summed E-state index contributed by atoms with van der Waals surface area (Å²) in [5, 5.41) is 22.8. The van der Waals surface area contributed by atoms with Crippen molar-refractivity contribution in [2.24, 2.45) is 5.92 Å². The topological polar surface area (TPSA) is 124 Å². The molecule has 4 rings (SSSR count). The number of hydrogen-bond donors (Lipinski definition) is 2. The summed E-state index contributed by atoms with van der Waals surface area (Å²) in [6.07, 6.45) is 2.07. The predicted molar refractivity (Wildman–Crippen MR) is 139 cm³/mol. The number of nitrogens with zero attached hydrogens (tertiary/aromatic N) is 5. The molecule has 1 aromatic carbocycles. The average Bonchev–Trinajstić information content (AvgIpc) is 2.87. The summed E-state index contributed by atoms with van der Waals surface area (Å²) in [5.74, 6) is -0.137. The van der Waals surface area contributed by atoms with Gasteiger partial charge in [0.05, 0.1) is 28.9 Å². The van der Waals surface area contributed by atoms with E-state index in [2.05, 4.69) is 33.2 Å². The number of carboxylic acids is 1. The fraction of sp³-hybridized carbons (Fsp3) is 0.423. The first-order chi connectivity index (χ1) is 17.2. The molecule has 3 heterocycles. The van der Waals surface area contributed by atoms with E-state index >= 15 is 0 Å². The van der Waals surface area contributed by atoms with Gasteiger partial charge >= 0.3 is 5.97 Å². The van der Waals surface area contributed by atoms with Crippen LogP contribution in [0.2, 0.25) is 5.15 Å². The Labute approximate surface area is 215 Å². The van der Waals surface area contributed by atoms with Gasteiger partial charge in [0.25, 0.3) is 0 Å². The number of nitriles is 1. The van der Waals surface area contributed by atoms with Crippen LogP contribution >= 0.6 is 11.6 Å². The number of carbonyl (C=O) groups is 1. The molecule has 0 bridgehead atoms. The van der Waals surface area contributed by atoms with Crippen LogP contribution in [0.15, 0.2) is 24.3 Å². The van der Waals surface area contributed by atoms with Crippen LogP contribution in [0, 0.1) is 24.2 Å². The molecule has 1 aliphatic rings. The van der Waals surface area contributed by atoms with E-state index in [1.54, 1.807) is 19.2 Å². The lowest BCUT2D eigenvalue weighted by molar-refractivity contribution is 0.0563. The second-order valence-corrected chi connectivity index (χ2v) is 9.58. The third kappa shape index (κ3) is 5.20. The minimum atomic E-state index is -1.17. The monoisotopic (exact) mass is 508 g/mol. The van der Waals surface area contributed by atoms with E-state index < -0.39 is 5.97 Å². The number of pyridine rings is 1. The third-order valence-corrected chi connectivity index (χ3v) is 7.02. The molecular weight excluding hydrogens is 480 g/mol. The standard InChI is InChI=1S/C26H29ClN6O3/c1-14-11-18(15(2)29-19-5-6-22(27)31-24(19)26(34)35)23-20(12-14)30-21(13-28)25(32-23)33-9-7-17(8-10-33)16(3)36-4/h5-6,11-12,15-17,29H,7-10H2,1-4H3,(H,34,35)/t15-,16+/m1/s1. The Balaban J connectivity index is 1.72. The van der Waals surface area contributed by atoms with Gasteiger partial charge in [-0.05, 0) is 63.3 Å².